The summed E-state index contributed by atoms with van der Waals surface area (Å²) in [7, 11) is 1.53. The first-order chi connectivity index (χ1) is 10.1. The second kappa shape index (κ2) is 6.38. The first-order valence-corrected chi connectivity index (χ1v) is 5.99. The van der Waals surface area contributed by atoms with Gasteiger partial charge in [0.15, 0.2) is 0 Å². The fourth-order valence-electron chi connectivity index (χ4n) is 1.66. The highest BCUT2D eigenvalue weighted by atomic mass is 16.6. The van der Waals surface area contributed by atoms with E-state index in [4.69, 9.17) is 4.74 Å². The predicted molar refractivity (Wildman–Crippen MR) is 76.8 cm³/mol. The molecule has 0 saturated carbocycles. The molecule has 0 bridgehead atoms. The average Bonchev–Trinajstić information content (AvgIpc) is 2.49. The van der Waals surface area contributed by atoms with E-state index in [1.165, 1.54) is 19.4 Å². The summed E-state index contributed by atoms with van der Waals surface area (Å²) in [6, 6.07) is 10.6. The lowest BCUT2D eigenvalue weighted by atomic mass is 10.2. The van der Waals surface area contributed by atoms with Gasteiger partial charge in [-0.25, -0.2) is 0 Å². The maximum atomic E-state index is 11.6. The zero-order valence-electron chi connectivity index (χ0n) is 11.1. The Balaban J connectivity index is 2.18. The Morgan fingerprint density at radius 1 is 1.29 bits per heavy atom. The number of methoxy groups -OCH3 is 1. The van der Waals surface area contributed by atoms with Gasteiger partial charge in [0.25, 0.3) is 5.69 Å². The van der Waals surface area contributed by atoms with E-state index in [2.05, 4.69) is 10.5 Å². The van der Waals surface area contributed by atoms with Crippen LogP contribution in [0.25, 0.3) is 0 Å². The lowest BCUT2D eigenvalue weighted by Gasteiger charge is -2.09. The number of anilines is 1. The maximum Gasteiger partial charge on any atom is 0.270 e. The SMILES string of the molecule is COc1ccccc1N/N=C\c1cc([N+](=O)[O-])ccc1[O-]. The van der Waals surface area contributed by atoms with Crippen molar-refractivity contribution in [3.05, 3.63) is 58.1 Å². The number of nitrogens with one attached hydrogen (secondary N) is 1. The summed E-state index contributed by atoms with van der Waals surface area (Å²) in [6.45, 7) is 0. The van der Waals surface area contributed by atoms with Crippen LogP contribution in [0.5, 0.6) is 11.5 Å². The van der Waals surface area contributed by atoms with Crippen molar-refractivity contribution in [3.63, 3.8) is 0 Å². The molecule has 0 aliphatic carbocycles. The number of ether oxygens (including phenoxy) is 1. The van der Waals surface area contributed by atoms with Crippen molar-refractivity contribution in [2.45, 2.75) is 0 Å². The van der Waals surface area contributed by atoms with Crippen LogP contribution in [0, 0.1) is 10.1 Å². The van der Waals surface area contributed by atoms with Gasteiger partial charge in [0.1, 0.15) is 5.75 Å². The number of para-hydroxylation sites is 2. The monoisotopic (exact) mass is 286 g/mol. The van der Waals surface area contributed by atoms with Crippen molar-refractivity contribution in [2.24, 2.45) is 5.10 Å². The molecule has 108 valence electrons. The standard InChI is InChI=1S/C14H13N3O4/c1-21-14-5-3-2-4-12(14)16-15-9-10-8-11(17(19)20)6-7-13(10)18/h2-9,16,18H,1H3/p-1/b15-9-. The van der Waals surface area contributed by atoms with E-state index in [1.54, 1.807) is 18.2 Å². The van der Waals surface area contributed by atoms with Gasteiger partial charge in [0.2, 0.25) is 0 Å². The zero-order valence-corrected chi connectivity index (χ0v) is 11.1. The van der Waals surface area contributed by atoms with E-state index in [0.717, 1.165) is 12.1 Å². The summed E-state index contributed by atoms with van der Waals surface area (Å²) < 4.78 is 5.13. The lowest BCUT2D eigenvalue weighted by molar-refractivity contribution is -0.385. The Morgan fingerprint density at radius 3 is 2.76 bits per heavy atom. The van der Waals surface area contributed by atoms with Gasteiger partial charge in [-0.3, -0.25) is 15.5 Å². The van der Waals surface area contributed by atoms with Crippen molar-refractivity contribution in [3.8, 4) is 11.5 Å². The van der Waals surface area contributed by atoms with Crippen molar-refractivity contribution >= 4 is 17.6 Å². The van der Waals surface area contributed by atoms with Gasteiger partial charge in [0.05, 0.1) is 23.9 Å². The molecule has 0 aliphatic heterocycles. The van der Waals surface area contributed by atoms with Crippen LogP contribution < -0.4 is 15.3 Å². The topological polar surface area (TPSA) is 99.8 Å². The highest BCUT2D eigenvalue weighted by Gasteiger charge is 2.05. The Labute approximate surface area is 120 Å². The molecule has 0 radical (unpaired) electrons. The van der Waals surface area contributed by atoms with Gasteiger partial charge < -0.3 is 9.84 Å². The van der Waals surface area contributed by atoms with Crippen LogP contribution in [0.15, 0.2) is 47.6 Å². The van der Waals surface area contributed by atoms with Gasteiger partial charge in [-0.05, 0) is 17.7 Å². The van der Waals surface area contributed by atoms with E-state index in [-0.39, 0.29) is 17.0 Å². The van der Waals surface area contributed by atoms with Crippen LogP contribution in [0.2, 0.25) is 0 Å². The molecular formula is C14H12N3O4-. The zero-order chi connectivity index (χ0) is 15.2. The van der Waals surface area contributed by atoms with Crippen LogP contribution in [0.4, 0.5) is 11.4 Å². The number of hydrogen-bond acceptors (Lipinski definition) is 6. The molecule has 21 heavy (non-hydrogen) atoms. The molecule has 0 aliphatic rings. The van der Waals surface area contributed by atoms with Crippen molar-refractivity contribution in [2.75, 3.05) is 12.5 Å². The number of nitro benzene ring substituents is 1. The molecule has 7 nitrogen and oxygen atoms in total. The number of hydrazone groups is 1. The van der Waals surface area contributed by atoms with Gasteiger partial charge in [0, 0.05) is 12.1 Å². The van der Waals surface area contributed by atoms with E-state index >= 15 is 0 Å². The number of benzene rings is 2. The van der Waals surface area contributed by atoms with Crippen LogP contribution >= 0.6 is 0 Å². The van der Waals surface area contributed by atoms with Gasteiger partial charge in [-0.2, -0.15) is 5.10 Å². The van der Waals surface area contributed by atoms with Crippen molar-refractivity contribution < 1.29 is 14.8 Å². The summed E-state index contributed by atoms with van der Waals surface area (Å²) in [4.78, 5) is 10.1. The molecule has 0 heterocycles. The Kier molecular flexibility index (Phi) is 4.35. The van der Waals surface area contributed by atoms with E-state index in [1.807, 2.05) is 6.07 Å². The number of rotatable bonds is 5. The molecule has 0 spiro atoms. The summed E-state index contributed by atoms with van der Waals surface area (Å²) in [6.07, 6.45) is 1.24. The summed E-state index contributed by atoms with van der Waals surface area (Å²) >= 11 is 0. The molecular weight excluding hydrogens is 274 g/mol. The van der Waals surface area contributed by atoms with Gasteiger partial charge in [-0.15, -0.1) is 0 Å². The number of non-ortho nitro benzene ring substituents is 1. The molecule has 1 N–H and O–H groups in total. The van der Waals surface area contributed by atoms with E-state index < -0.39 is 4.92 Å². The number of nitrogens with zero attached hydrogens (tertiary/aromatic N) is 2. The maximum absolute atomic E-state index is 11.6. The van der Waals surface area contributed by atoms with Crippen LogP contribution in [0.1, 0.15) is 5.56 Å². The van der Waals surface area contributed by atoms with Crippen LogP contribution in [0.3, 0.4) is 0 Å². The summed E-state index contributed by atoms with van der Waals surface area (Å²) in [5.74, 6) is 0.252. The van der Waals surface area contributed by atoms with E-state index in [0.29, 0.717) is 11.4 Å². The molecule has 2 aromatic carbocycles. The quantitative estimate of drug-likeness (QED) is 0.515. The second-order valence-electron chi connectivity index (χ2n) is 4.05. The fourth-order valence-corrected chi connectivity index (χ4v) is 1.66. The lowest BCUT2D eigenvalue weighted by Crippen LogP contribution is -2.00. The second-order valence-corrected chi connectivity index (χ2v) is 4.05. The minimum Gasteiger partial charge on any atom is -0.872 e. The molecule has 0 aromatic heterocycles. The molecule has 7 heteroatoms. The van der Waals surface area contributed by atoms with Gasteiger partial charge in [-0.1, -0.05) is 23.9 Å². The molecule has 0 fully saturated rings. The molecule has 2 aromatic rings. The molecule has 0 unspecified atom stereocenters. The van der Waals surface area contributed by atoms with Crippen LogP contribution in [-0.4, -0.2) is 18.2 Å². The number of hydrogen-bond donors (Lipinski definition) is 1. The minimum atomic E-state index is -0.565. The summed E-state index contributed by atoms with van der Waals surface area (Å²) in [5.41, 5.74) is 3.32. The van der Waals surface area contributed by atoms with Crippen molar-refractivity contribution in [1.82, 2.24) is 0 Å². The van der Waals surface area contributed by atoms with E-state index in [9.17, 15) is 15.2 Å². The van der Waals surface area contributed by atoms with Crippen LogP contribution in [-0.2, 0) is 0 Å². The molecule has 2 rings (SSSR count). The first kappa shape index (κ1) is 14.3. The molecule has 0 saturated heterocycles. The average molecular weight is 286 g/mol. The fraction of sp³-hybridized carbons (Fsp3) is 0.0714. The molecule has 0 amide bonds. The highest BCUT2D eigenvalue weighted by Crippen LogP contribution is 2.23. The smallest absolute Gasteiger partial charge is 0.270 e. The third kappa shape index (κ3) is 3.47. The Morgan fingerprint density at radius 2 is 2.05 bits per heavy atom. The Hall–Kier alpha value is -3.09. The third-order valence-corrected chi connectivity index (χ3v) is 2.70. The van der Waals surface area contributed by atoms with Gasteiger partial charge >= 0.3 is 0 Å². The minimum absolute atomic E-state index is 0.131. The largest absolute Gasteiger partial charge is 0.872 e. The highest BCUT2D eigenvalue weighted by molar-refractivity contribution is 5.84. The number of nitro groups is 1. The summed E-state index contributed by atoms with van der Waals surface area (Å²) in [5, 5.41) is 26.2. The predicted octanol–water partition coefficient (Wildman–Crippen LogP) is 2.12. The first-order valence-electron chi connectivity index (χ1n) is 5.99. The molecule has 0 atom stereocenters. The normalized spacial score (nSPS) is 10.5. The Bertz CT molecular complexity index is 686. The third-order valence-electron chi connectivity index (χ3n) is 2.70. The van der Waals surface area contributed by atoms with Crippen molar-refractivity contribution in [1.29, 1.82) is 0 Å².